The van der Waals surface area contributed by atoms with Crippen LogP contribution in [0.25, 0.3) is 0 Å². The first kappa shape index (κ1) is 10.0. The van der Waals surface area contributed by atoms with Gasteiger partial charge in [-0.25, -0.2) is 4.79 Å². The zero-order valence-electron chi connectivity index (χ0n) is 8.00. The first-order valence-electron chi connectivity index (χ1n) is 4.61. The smallest absolute Gasteiger partial charge is 0.396 e. The van der Waals surface area contributed by atoms with Crippen LogP contribution in [0.4, 0.5) is 0 Å². The highest BCUT2D eigenvalue weighted by molar-refractivity contribution is 6.32. The van der Waals surface area contributed by atoms with Gasteiger partial charge in [0.2, 0.25) is 0 Å². The number of rotatable bonds is 2. The minimum absolute atomic E-state index is 0.173. The molecule has 74 valence electrons. The van der Waals surface area contributed by atoms with Gasteiger partial charge >= 0.3 is 11.9 Å². The molecule has 0 atom stereocenters. The molecule has 13 heavy (non-hydrogen) atoms. The fraction of sp³-hybridized carbons (Fsp3) is 0.778. The third-order valence-electron chi connectivity index (χ3n) is 2.17. The number of amides is 1. The Morgan fingerprint density at radius 3 is 2.54 bits per heavy atom. The number of carbonyl (C=O) groups excluding carboxylic acids is 2. The van der Waals surface area contributed by atoms with Crippen molar-refractivity contribution in [2.45, 2.75) is 32.7 Å². The molecule has 1 aliphatic carbocycles. The van der Waals surface area contributed by atoms with Crippen LogP contribution in [0, 0.1) is 5.92 Å². The number of nitrogens with one attached hydrogen (secondary N) is 1. The van der Waals surface area contributed by atoms with Crippen LogP contribution in [-0.2, 0) is 14.3 Å². The van der Waals surface area contributed by atoms with E-state index in [2.05, 4.69) is 17.0 Å². The fourth-order valence-corrected chi connectivity index (χ4v) is 1.46. The van der Waals surface area contributed by atoms with Crippen molar-refractivity contribution in [2.75, 3.05) is 6.61 Å². The van der Waals surface area contributed by atoms with Gasteiger partial charge in [0.15, 0.2) is 0 Å². The lowest BCUT2D eigenvalue weighted by Crippen LogP contribution is -2.46. The summed E-state index contributed by atoms with van der Waals surface area (Å²) in [5, 5.41) is 2.62. The van der Waals surface area contributed by atoms with Crippen LogP contribution in [0.15, 0.2) is 0 Å². The first-order valence-corrected chi connectivity index (χ1v) is 4.61. The lowest BCUT2D eigenvalue weighted by atomic mass is 9.82. The van der Waals surface area contributed by atoms with Crippen LogP contribution >= 0.6 is 0 Å². The molecule has 0 heterocycles. The van der Waals surface area contributed by atoms with Gasteiger partial charge in [-0.1, -0.05) is 6.92 Å². The SMILES string of the molecule is CCOC(=O)C(=O)NC1CC(C)C1. The largest absolute Gasteiger partial charge is 0.459 e. The molecule has 0 radical (unpaired) electrons. The zero-order valence-corrected chi connectivity index (χ0v) is 8.00. The molecule has 0 aromatic carbocycles. The van der Waals surface area contributed by atoms with Crippen LogP contribution in [0.3, 0.4) is 0 Å². The second kappa shape index (κ2) is 4.25. The molecule has 1 amide bonds. The topological polar surface area (TPSA) is 55.4 Å². The Balaban J connectivity index is 2.21. The summed E-state index contributed by atoms with van der Waals surface area (Å²) in [6, 6.07) is 0.173. The van der Waals surface area contributed by atoms with Gasteiger partial charge in [-0.05, 0) is 25.7 Å². The summed E-state index contributed by atoms with van der Waals surface area (Å²) in [5.41, 5.74) is 0. The lowest BCUT2D eigenvalue weighted by molar-refractivity contribution is -0.155. The van der Waals surface area contributed by atoms with E-state index in [0.29, 0.717) is 5.92 Å². The van der Waals surface area contributed by atoms with Crippen molar-refractivity contribution >= 4 is 11.9 Å². The molecule has 4 heteroatoms. The Hall–Kier alpha value is -1.06. The highest BCUT2D eigenvalue weighted by atomic mass is 16.5. The molecule has 0 unspecified atom stereocenters. The predicted octanol–water partition coefficient (Wildman–Crippen LogP) is 0.464. The van der Waals surface area contributed by atoms with E-state index in [0.717, 1.165) is 12.8 Å². The molecular weight excluding hydrogens is 170 g/mol. The molecule has 4 nitrogen and oxygen atoms in total. The molecule has 1 aliphatic rings. The van der Waals surface area contributed by atoms with Crippen LogP contribution in [-0.4, -0.2) is 24.5 Å². The van der Waals surface area contributed by atoms with Crippen molar-refractivity contribution in [3.63, 3.8) is 0 Å². The highest BCUT2D eigenvalue weighted by Crippen LogP contribution is 2.25. The predicted molar refractivity (Wildman–Crippen MR) is 47.0 cm³/mol. The summed E-state index contributed by atoms with van der Waals surface area (Å²) in [6.45, 7) is 4.04. The van der Waals surface area contributed by atoms with Gasteiger partial charge in [0.25, 0.3) is 0 Å². The van der Waals surface area contributed by atoms with Gasteiger partial charge in [-0.15, -0.1) is 0 Å². The van der Waals surface area contributed by atoms with Crippen molar-refractivity contribution in [1.82, 2.24) is 5.32 Å². The van der Waals surface area contributed by atoms with Gasteiger partial charge in [0.05, 0.1) is 6.61 Å². The van der Waals surface area contributed by atoms with E-state index in [1.807, 2.05) is 0 Å². The number of ether oxygens (including phenoxy) is 1. The molecule has 1 N–H and O–H groups in total. The van der Waals surface area contributed by atoms with Crippen molar-refractivity contribution in [1.29, 1.82) is 0 Å². The Morgan fingerprint density at radius 1 is 1.46 bits per heavy atom. The Kier molecular flexibility index (Phi) is 3.28. The highest BCUT2D eigenvalue weighted by Gasteiger charge is 2.28. The van der Waals surface area contributed by atoms with Crippen molar-refractivity contribution in [3.8, 4) is 0 Å². The van der Waals surface area contributed by atoms with Crippen molar-refractivity contribution < 1.29 is 14.3 Å². The van der Waals surface area contributed by atoms with Crippen LogP contribution in [0.1, 0.15) is 26.7 Å². The lowest BCUT2D eigenvalue weighted by Gasteiger charge is -2.32. The third-order valence-corrected chi connectivity index (χ3v) is 2.17. The van der Waals surface area contributed by atoms with Gasteiger partial charge in [-0.2, -0.15) is 0 Å². The second-order valence-electron chi connectivity index (χ2n) is 3.47. The molecule has 1 saturated carbocycles. The summed E-state index contributed by atoms with van der Waals surface area (Å²) in [4.78, 5) is 21.9. The Bertz CT molecular complexity index is 209. The van der Waals surface area contributed by atoms with Crippen LogP contribution in [0.5, 0.6) is 0 Å². The second-order valence-corrected chi connectivity index (χ2v) is 3.47. The van der Waals surface area contributed by atoms with Gasteiger partial charge in [0, 0.05) is 6.04 Å². The molecule has 0 aliphatic heterocycles. The van der Waals surface area contributed by atoms with Gasteiger partial charge < -0.3 is 10.1 Å². The minimum Gasteiger partial charge on any atom is -0.459 e. The van der Waals surface area contributed by atoms with Crippen molar-refractivity contribution in [3.05, 3.63) is 0 Å². The van der Waals surface area contributed by atoms with E-state index < -0.39 is 11.9 Å². The van der Waals surface area contributed by atoms with Crippen LogP contribution in [0.2, 0.25) is 0 Å². The summed E-state index contributed by atoms with van der Waals surface area (Å²) in [7, 11) is 0. The Labute approximate surface area is 77.6 Å². The average Bonchev–Trinajstić information content (AvgIpc) is 2.02. The molecule has 1 fully saturated rings. The first-order chi connectivity index (χ1) is 6.13. The quantitative estimate of drug-likeness (QED) is 0.502. The average molecular weight is 185 g/mol. The summed E-state index contributed by atoms with van der Waals surface area (Å²) >= 11 is 0. The molecule has 0 bridgehead atoms. The minimum atomic E-state index is -0.776. The molecular formula is C9H15NO3. The maximum Gasteiger partial charge on any atom is 0.396 e. The number of hydrogen-bond acceptors (Lipinski definition) is 3. The van der Waals surface area contributed by atoms with Gasteiger partial charge in [0.1, 0.15) is 0 Å². The van der Waals surface area contributed by atoms with E-state index in [1.54, 1.807) is 6.92 Å². The monoisotopic (exact) mass is 185 g/mol. The molecule has 0 saturated heterocycles. The van der Waals surface area contributed by atoms with E-state index in [1.165, 1.54) is 0 Å². The number of hydrogen-bond donors (Lipinski definition) is 1. The number of esters is 1. The standard InChI is InChI=1S/C9H15NO3/c1-3-13-9(12)8(11)10-7-4-6(2)5-7/h6-7H,3-5H2,1-2H3,(H,10,11). The van der Waals surface area contributed by atoms with E-state index in [4.69, 9.17) is 0 Å². The molecule has 0 spiro atoms. The summed E-state index contributed by atoms with van der Waals surface area (Å²) in [5.74, 6) is -0.728. The van der Waals surface area contributed by atoms with Gasteiger partial charge in [-0.3, -0.25) is 4.79 Å². The third kappa shape index (κ3) is 2.72. The fourth-order valence-electron chi connectivity index (χ4n) is 1.46. The van der Waals surface area contributed by atoms with E-state index in [9.17, 15) is 9.59 Å². The maximum absolute atomic E-state index is 11.1. The maximum atomic E-state index is 11.1. The van der Waals surface area contributed by atoms with E-state index >= 15 is 0 Å². The molecule has 1 rings (SSSR count). The Morgan fingerprint density at radius 2 is 2.08 bits per heavy atom. The zero-order chi connectivity index (χ0) is 9.84. The van der Waals surface area contributed by atoms with Crippen LogP contribution < -0.4 is 5.32 Å². The summed E-state index contributed by atoms with van der Waals surface area (Å²) < 4.78 is 4.55. The molecule has 0 aromatic heterocycles. The normalized spacial score (nSPS) is 26.0. The van der Waals surface area contributed by atoms with Crippen molar-refractivity contribution in [2.24, 2.45) is 5.92 Å². The number of carbonyl (C=O) groups is 2. The molecule has 0 aromatic rings. The summed E-state index contributed by atoms with van der Waals surface area (Å²) in [6.07, 6.45) is 1.93. The van der Waals surface area contributed by atoms with E-state index in [-0.39, 0.29) is 12.6 Å².